The minimum absolute atomic E-state index is 0.108. The molecule has 2 N–H and O–H groups in total. The largest absolute Gasteiger partial charge is 0.388 e. The average Bonchev–Trinajstić information content (AvgIpc) is 2.55. The number of amides is 1. The normalized spacial score (nSPS) is 27.4. The van der Waals surface area contributed by atoms with Gasteiger partial charge in [-0.3, -0.25) is 4.79 Å². The molecule has 2 atom stereocenters. The third-order valence-corrected chi connectivity index (χ3v) is 3.98. The topological polar surface area (TPSA) is 49.3 Å². The van der Waals surface area contributed by atoms with E-state index >= 15 is 0 Å². The van der Waals surface area contributed by atoms with E-state index in [1.165, 1.54) is 0 Å². The minimum atomic E-state index is -0.779. The van der Waals surface area contributed by atoms with E-state index in [1.807, 2.05) is 6.92 Å². The Morgan fingerprint density at radius 2 is 2.19 bits per heavy atom. The molecule has 0 radical (unpaired) electrons. The van der Waals surface area contributed by atoms with Gasteiger partial charge in [-0.15, -0.1) is 0 Å². The Labute approximate surface area is 98.6 Å². The number of rotatable bonds is 4. The lowest BCUT2D eigenvalue weighted by Gasteiger charge is -2.28. The molecule has 1 fully saturated rings. The van der Waals surface area contributed by atoms with E-state index in [0.29, 0.717) is 13.0 Å². The van der Waals surface area contributed by atoms with Crippen LogP contribution in [0.4, 0.5) is 0 Å². The molecule has 0 aromatic heterocycles. The molecule has 0 saturated heterocycles. The zero-order valence-corrected chi connectivity index (χ0v) is 11.0. The highest BCUT2D eigenvalue weighted by atomic mass is 16.3. The minimum Gasteiger partial charge on any atom is -0.388 e. The SMILES string of the molecule is CCC(C)(O)CNC(=O)C1CCCC1(C)C. The van der Waals surface area contributed by atoms with Crippen molar-refractivity contribution < 1.29 is 9.90 Å². The Bertz CT molecular complexity index is 259. The third-order valence-electron chi connectivity index (χ3n) is 3.98. The number of hydrogen-bond donors (Lipinski definition) is 2. The highest BCUT2D eigenvalue weighted by Crippen LogP contribution is 2.42. The summed E-state index contributed by atoms with van der Waals surface area (Å²) in [5.74, 6) is 0.219. The Kier molecular flexibility index (Phi) is 4.00. The predicted molar refractivity (Wildman–Crippen MR) is 65.0 cm³/mol. The maximum absolute atomic E-state index is 12.0. The first kappa shape index (κ1) is 13.5. The van der Waals surface area contributed by atoms with E-state index in [4.69, 9.17) is 0 Å². The Balaban J connectivity index is 2.47. The van der Waals surface area contributed by atoms with Gasteiger partial charge in [0.25, 0.3) is 0 Å². The maximum atomic E-state index is 12.0. The molecule has 1 aliphatic rings. The smallest absolute Gasteiger partial charge is 0.223 e. The molecule has 2 unspecified atom stereocenters. The fraction of sp³-hybridized carbons (Fsp3) is 0.923. The summed E-state index contributed by atoms with van der Waals surface area (Å²) in [7, 11) is 0. The molecular weight excluding hydrogens is 202 g/mol. The molecule has 0 heterocycles. The molecule has 3 nitrogen and oxygen atoms in total. The van der Waals surface area contributed by atoms with Crippen molar-refractivity contribution in [3.8, 4) is 0 Å². The average molecular weight is 227 g/mol. The van der Waals surface area contributed by atoms with Crippen molar-refractivity contribution in [1.82, 2.24) is 5.32 Å². The molecule has 0 spiro atoms. The second-order valence-corrected chi connectivity index (χ2v) is 6.00. The lowest BCUT2D eigenvalue weighted by atomic mass is 9.81. The monoisotopic (exact) mass is 227 g/mol. The van der Waals surface area contributed by atoms with Crippen LogP contribution in [-0.4, -0.2) is 23.2 Å². The van der Waals surface area contributed by atoms with E-state index < -0.39 is 5.60 Å². The summed E-state index contributed by atoms with van der Waals surface area (Å²) < 4.78 is 0. The second-order valence-electron chi connectivity index (χ2n) is 6.00. The van der Waals surface area contributed by atoms with Gasteiger partial charge in [0.05, 0.1) is 5.60 Å². The van der Waals surface area contributed by atoms with E-state index in [-0.39, 0.29) is 17.2 Å². The molecule has 0 aromatic carbocycles. The standard InChI is InChI=1S/C13H25NO2/c1-5-13(4,16)9-14-11(15)10-7-6-8-12(10,2)3/h10,16H,5-9H2,1-4H3,(H,14,15). The number of nitrogens with one attached hydrogen (secondary N) is 1. The lowest BCUT2D eigenvalue weighted by molar-refractivity contribution is -0.128. The van der Waals surface area contributed by atoms with Crippen LogP contribution in [0.5, 0.6) is 0 Å². The van der Waals surface area contributed by atoms with Gasteiger partial charge in [0.2, 0.25) is 5.91 Å². The van der Waals surface area contributed by atoms with Crippen LogP contribution in [0, 0.1) is 11.3 Å². The van der Waals surface area contributed by atoms with Crippen LogP contribution >= 0.6 is 0 Å². The summed E-state index contributed by atoms with van der Waals surface area (Å²) in [5, 5.41) is 12.7. The molecule has 1 rings (SSSR count). The second kappa shape index (κ2) is 4.74. The Morgan fingerprint density at radius 1 is 1.56 bits per heavy atom. The van der Waals surface area contributed by atoms with Crippen molar-refractivity contribution >= 4 is 5.91 Å². The van der Waals surface area contributed by atoms with Crippen molar-refractivity contribution in [3.05, 3.63) is 0 Å². The maximum Gasteiger partial charge on any atom is 0.223 e. The van der Waals surface area contributed by atoms with Crippen molar-refractivity contribution in [2.75, 3.05) is 6.54 Å². The highest BCUT2D eigenvalue weighted by molar-refractivity contribution is 5.79. The molecule has 0 aliphatic heterocycles. The van der Waals surface area contributed by atoms with Crippen LogP contribution in [0.1, 0.15) is 53.4 Å². The summed E-state index contributed by atoms with van der Waals surface area (Å²) in [6.45, 7) is 8.35. The van der Waals surface area contributed by atoms with Gasteiger partial charge in [0.15, 0.2) is 0 Å². The van der Waals surface area contributed by atoms with Gasteiger partial charge in [-0.05, 0) is 31.6 Å². The van der Waals surface area contributed by atoms with Crippen LogP contribution in [0.15, 0.2) is 0 Å². The van der Waals surface area contributed by atoms with Crippen LogP contribution in [0.3, 0.4) is 0 Å². The zero-order valence-electron chi connectivity index (χ0n) is 11.0. The number of hydrogen-bond acceptors (Lipinski definition) is 2. The number of carbonyl (C=O) groups excluding carboxylic acids is 1. The molecule has 16 heavy (non-hydrogen) atoms. The van der Waals surface area contributed by atoms with E-state index in [2.05, 4.69) is 19.2 Å². The lowest BCUT2D eigenvalue weighted by Crippen LogP contribution is -2.44. The molecule has 94 valence electrons. The zero-order chi connectivity index (χ0) is 12.4. The first-order valence-electron chi connectivity index (χ1n) is 6.28. The summed E-state index contributed by atoms with van der Waals surface area (Å²) in [6.07, 6.45) is 3.89. The molecular formula is C13H25NO2. The van der Waals surface area contributed by atoms with Gasteiger partial charge in [0, 0.05) is 12.5 Å². The van der Waals surface area contributed by atoms with Crippen molar-refractivity contribution in [2.45, 2.75) is 59.0 Å². The van der Waals surface area contributed by atoms with Gasteiger partial charge in [-0.1, -0.05) is 27.2 Å². The molecule has 0 aromatic rings. The fourth-order valence-corrected chi connectivity index (χ4v) is 2.34. The van der Waals surface area contributed by atoms with Crippen molar-refractivity contribution in [3.63, 3.8) is 0 Å². The van der Waals surface area contributed by atoms with Gasteiger partial charge in [-0.25, -0.2) is 0 Å². The summed E-state index contributed by atoms with van der Waals surface area (Å²) in [6, 6.07) is 0. The Hall–Kier alpha value is -0.570. The Morgan fingerprint density at radius 3 is 2.62 bits per heavy atom. The van der Waals surface area contributed by atoms with E-state index in [0.717, 1.165) is 19.3 Å². The van der Waals surface area contributed by atoms with Crippen LogP contribution < -0.4 is 5.32 Å². The number of aliphatic hydroxyl groups is 1. The summed E-state index contributed by atoms with van der Waals surface area (Å²) in [5.41, 5.74) is -0.666. The van der Waals surface area contributed by atoms with Gasteiger partial charge in [0.1, 0.15) is 0 Å². The van der Waals surface area contributed by atoms with E-state index in [1.54, 1.807) is 6.92 Å². The summed E-state index contributed by atoms with van der Waals surface area (Å²) >= 11 is 0. The first-order valence-corrected chi connectivity index (χ1v) is 6.28. The van der Waals surface area contributed by atoms with Gasteiger partial charge >= 0.3 is 0 Å². The third kappa shape index (κ3) is 3.21. The molecule has 1 saturated carbocycles. The molecule has 1 amide bonds. The van der Waals surface area contributed by atoms with Crippen molar-refractivity contribution in [1.29, 1.82) is 0 Å². The molecule has 0 bridgehead atoms. The molecule has 3 heteroatoms. The van der Waals surface area contributed by atoms with Gasteiger partial charge in [-0.2, -0.15) is 0 Å². The van der Waals surface area contributed by atoms with E-state index in [9.17, 15) is 9.90 Å². The fourth-order valence-electron chi connectivity index (χ4n) is 2.34. The van der Waals surface area contributed by atoms with Crippen LogP contribution in [-0.2, 0) is 4.79 Å². The van der Waals surface area contributed by atoms with Crippen molar-refractivity contribution in [2.24, 2.45) is 11.3 Å². The number of carbonyl (C=O) groups is 1. The highest BCUT2D eigenvalue weighted by Gasteiger charge is 2.39. The first-order chi connectivity index (χ1) is 7.28. The van der Waals surface area contributed by atoms with Crippen LogP contribution in [0.2, 0.25) is 0 Å². The van der Waals surface area contributed by atoms with Crippen LogP contribution in [0.25, 0.3) is 0 Å². The van der Waals surface area contributed by atoms with Gasteiger partial charge < -0.3 is 10.4 Å². The predicted octanol–water partition coefficient (Wildman–Crippen LogP) is 2.09. The molecule has 1 aliphatic carbocycles. The quantitative estimate of drug-likeness (QED) is 0.772. The summed E-state index contributed by atoms with van der Waals surface area (Å²) in [4.78, 5) is 12.0.